The van der Waals surface area contributed by atoms with Crippen LogP contribution in [0.15, 0.2) is 21.6 Å². The molecule has 0 saturated carbocycles. The Morgan fingerprint density at radius 2 is 2.11 bits per heavy atom. The molecule has 0 atom stereocenters. The molecule has 2 aliphatic heterocycles. The molecule has 0 unspecified atom stereocenters. The minimum absolute atomic E-state index is 0.268. The van der Waals surface area contributed by atoms with Crippen LogP contribution >= 0.6 is 15.9 Å². The smallest absolute Gasteiger partial charge is 0.231 e. The number of hydrogen-bond donors (Lipinski definition) is 2. The molecule has 150 valence electrons. The minimum Gasteiger partial charge on any atom is -0.454 e. The van der Waals surface area contributed by atoms with Gasteiger partial charge in [0.25, 0.3) is 0 Å². The van der Waals surface area contributed by atoms with Gasteiger partial charge in [-0.1, -0.05) is 0 Å². The standard InChI is InChI=1S/C19H28BrN3O4/c1-21-19(22-5-2-6-25-12-14-3-7-24-8-4-14)23-11-15-9-16(20)18-17(10-15)26-13-27-18/h9-10,14H,2-8,11-13H2,1H3,(H2,21,22,23). The van der Waals surface area contributed by atoms with Crippen LogP contribution in [-0.4, -0.2) is 52.8 Å². The van der Waals surface area contributed by atoms with Gasteiger partial charge in [0.1, 0.15) is 0 Å². The van der Waals surface area contributed by atoms with E-state index in [0.29, 0.717) is 12.5 Å². The summed E-state index contributed by atoms with van der Waals surface area (Å²) in [5.41, 5.74) is 1.09. The SMILES string of the molecule is CN=C(NCCCOCC1CCOCC1)NCc1cc(Br)c2c(c1)OCO2. The monoisotopic (exact) mass is 441 g/mol. The molecule has 0 radical (unpaired) electrons. The number of aliphatic imine (C=N–C) groups is 1. The maximum absolute atomic E-state index is 5.79. The quantitative estimate of drug-likeness (QED) is 0.367. The molecule has 1 aromatic rings. The number of nitrogens with zero attached hydrogens (tertiary/aromatic N) is 1. The van der Waals surface area contributed by atoms with E-state index >= 15 is 0 Å². The molecule has 0 spiro atoms. The topological polar surface area (TPSA) is 73.3 Å². The van der Waals surface area contributed by atoms with E-state index in [1.165, 1.54) is 0 Å². The van der Waals surface area contributed by atoms with Crippen LogP contribution in [0.25, 0.3) is 0 Å². The van der Waals surface area contributed by atoms with Gasteiger partial charge in [0.05, 0.1) is 4.47 Å². The number of fused-ring (bicyclic) bond motifs is 1. The third-order valence-electron chi connectivity index (χ3n) is 4.62. The molecular weight excluding hydrogens is 414 g/mol. The number of hydrogen-bond acceptors (Lipinski definition) is 5. The van der Waals surface area contributed by atoms with E-state index in [4.69, 9.17) is 18.9 Å². The van der Waals surface area contributed by atoms with Crippen molar-refractivity contribution in [3.63, 3.8) is 0 Å². The van der Waals surface area contributed by atoms with Gasteiger partial charge in [-0.15, -0.1) is 0 Å². The van der Waals surface area contributed by atoms with Crippen LogP contribution in [0, 0.1) is 5.92 Å². The molecule has 7 nitrogen and oxygen atoms in total. The second kappa shape index (κ2) is 10.7. The minimum atomic E-state index is 0.268. The second-order valence-electron chi connectivity index (χ2n) is 6.65. The lowest BCUT2D eigenvalue weighted by Gasteiger charge is -2.21. The van der Waals surface area contributed by atoms with Gasteiger partial charge < -0.3 is 29.6 Å². The van der Waals surface area contributed by atoms with Crippen molar-refractivity contribution in [1.82, 2.24) is 10.6 Å². The summed E-state index contributed by atoms with van der Waals surface area (Å²) in [6.07, 6.45) is 3.18. The fourth-order valence-corrected chi connectivity index (χ4v) is 3.68. The van der Waals surface area contributed by atoms with Crippen LogP contribution in [0.4, 0.5) is 0 Å². The van der Waals surface area contributed by atoms with Crippen LogP contribution in [0.1, 0.15) is 24.8 Å². The Morgan fingerprint density at radius 3 is 2.93 bits per heavy atom. The predicted octanol–water partition coefficient (Wildman–Crippen LogP) is 2.68. The van der Waals surface area contributed by atoms with Crippen molar-refractivity contribution in [3.8, 4) is 11.5 Å². The van der Waals surface area contributed by atoms with Crippen LogP contribution in [0.3, 0.4) is 0 Å². The number of nitrogens with one attached hydrogen (secondary N) is 2. The lowest BCUT2D eigenvalue weighted by atomic mass is 10.0. The number of halogens is 1. The zero-order valence-corrected chi connectivity index (χ0v) is 17.3. The zero-order valence-electron chi connectivity index (χ0n) is 15.8. The first kappa shape index (κ1) is 20.2. The summed E-state index contributed by atoms with van der Waals surface area (Å²) in [4.78, 5) is 4.26. The Kier molecular flexibility index (Phi) is 8.04. The van der Waals surface area contributed by atoms with Crippen molar-refractivity contribution in [2.75, 3.05) is 46.8 Å². The maximum Gasteiger partial charge on any atom is 0.231 e. The summed E-state index contributed by atoms with van der Waals surface area (Å²) in [6, 6.07) is 4.01. The Labute approximate surface area is 168 Å². The third-order valence-corrected chi connectivity index (χ3v) is 5.21. The van der Waals surface area contributed by atoms with Gasteiger partial charge >= 0.3 is 0 Å². The van der Waals surface area contributed by atoms with Gasteiger partial charge in [-0.25, -0.2) is 0 Å². The molecule has 27 heavy (non-hydrogen) atoms. The molecule has 1 aromatic carbocycles. The van der Waals surface area contributed by atoms with Crippen molar-refractivity contribution in [2.24, 2.45) is 10.9 Å². The Bertz CT molecular complexity index is 636. The van der Waals surface area contributed by atoms with Crippen molar-refractivity contribution < 1.29 is 18.9 Å². The van der Waals surface area contributed by atoms with Gasteiger partial charge in [0.15, 0.2) is 17.5 Å². The molecule has 0 amide bonds. The summed E-state index contributed by atoms with van der Waals surface area (Å²) in [7, 11) is 1.77. The highest BCUT2D eigenvalue weighted by atomic mass is 79.9. The second-order valence-corrected chi connectivity index (χ2v) is 7.50. The van der Waals surface area contributed by atoms with E-state index in [9.17, 15) is 0 Å². The van der Waals surface area contributed by atoms with E-state index in [2.05, 4.69) is 31.6 Å². The first-order valence-electron chi connectivity index (χ1n) is 9.44. The molecule has 3 rings (SSSR count). The largest absolute Gasteiger partial charge is 0.454 e. The van der Waals surface area contributed by atoms with Crippen LogP contribution in [0.2, 0.25) is 0 Å². The molecule has 0 aliphatic carbocycles. The van der Waals surface area contributed by atoms with E-state index in [1.807, 2.05) is 12.1 Å². The molecule has 1 saturated heterocycles. The first-order valence-corrected chi connectivity index (χ1v) is 10.2. The number of benzene rings is 1. The lowest BCUT2D eigenvalue weighted by Crippen LogP contribution is -2.37. The summed E-state index contributed by atoms with van der Waals surface area (Å²) in [6.45, 7) is 5.08. The fourth-order valence-electron chi connectivity index (χ4n) is 3.07. The summed E-state index contributed by atoms with van der Waals surface area (Å²) in [5, 5.41) is 6.63. The lowest BCUT2D eigenvalue weighted by molar-refractivity contribution is 0.0203. The highest BCUT2D eigenvalue weighted by Crippen LogP contribution is 2.39. The molecule has 0 aromatic heterocycles. The molecular formula is C19H28BrN3O4. The number of guanidine groups is 1. The summed E-state index contributed by atoms with van der Waals surface area (Å²) >= 11 is 3.52. The Hall–Kier alpha value is -1.51. The van der Waals surface area contributed by atoms with Crippen molar-refractivity contribution >= 4 is 21.9 Å². The molecule has 8 heteroatoms. The van der Waals surface area contributed by atoms with Crippen molar-refractivity contribution in [3.05, 3.63) is 22.2 Å². The highest BCUT2D eigenvalue weighted by Gasteiger charge is 2.18. The predicted molar refractivity (Wildman–Crippen MR) is 107 cm³/mol. The van der Waals surface area contributed by atoms with Crippen LogP contribution < -0.4 is 20.1 Å². The van der Waals surface area contributed by atoms with E-state index < -0.39 is 0 Å². The van der Waals surface area contributed by atoms with Gasteiger partial charge in [-0.3, -0.25) is 4.99 Å². The maximum atomic E-state index is 5.79. The Balaban J connectivity index is 1.31. The van der Waals surface area contributed by atoms with Crippen LogP contribution in [0.5, 0.6) is 11.5 Å². The zero-order chi connectivity index (χ0) is 18.9. The van der Waals surface area contributed by atoms with E-state index in [1.54, 1.807) is 7.05 Å². The highest BCUT2D eigenvalue weighted by molar-refractivity contribution is 9.10. The molecule has 2 N–H and O–H groups in total. The van der Waals surface area contributed by atoms with E-state index in [-0.39, 0.29) is 6.79 Å². The average Bonchev–Trinajstić information content (AvgIpc) is 3.17. The van der Waals surface area contributed by atoms with Crippen LogP contribution in [-0.2, 0) is 16.0 Å². The molecule has 0 bridgehead atoms. The summed E-state index contributed by atoms with van der Waals surface area (Å²) in [5.74, 6) is 2.96. The fraction of sp³-hybridized carbons (Fsp3) is 0.632. The molecule has 1 fully saturated rings. The summed E-state index contributed by atoms with van der Waals surface area (Å²) < 4.78 is 22.9. The van der Waals surface area contributed by atoms with Gasteiger partial charge in [-0.2, -0.15) is 0 Å². The van der Waals surface area contributed by atoms with Gasteiger partial charge in [-0.05, 0) is 58.8 Å². The van der Waals surface area contributed by atoms with Crippen molar-refractivity contribution in [1.29, 1.82) is 0 Å². The van der Waals surface area contributed by atoms with Gasteiger partial charge in [0, 0.05) is 46.6 Å². The molecule has 2 heterocycles. The van der Waals surface area contributed by atoms with Crippen molar-refractivity contribution in [2.45, 2.75) is 25.8 Å². The number of rotatable bonds is 8. The van der Waals surface area contributed by atoms with E-state index in [0.717, 1.165) is 79.7 Å². The normalized spacial score (nSPS) is 17.2. The molecule has 2 aliphatic rings. The Morgan fingerprint density at radius 1 is 1.26 bits per heavy atom. The average molecular weight is 442 g/mol. The number of ether oxygens (including phenoxy) is 4. The first-order chi connectivity index (χ1) is 13.3. The van der Waals surface area contributed by atoms with Gasteiger partial charge in [0.2, 0.25) is 6.79 Å². The third kappa shape index (κ3) is 6.26.